The Hall–Kier alpha value is -1.64. The van der Waals surface area contributed by atoms with Crippen LogP contribution >= 0.6 is 0 Å². The quantitative estimate of drug-likeness (QED) is 0.780. The van der Waals surface area contributed by atoms with Gasteiger partial charge in [0.15, 0.2) is 6.10 Å². The lowest BCUT2D eigenvalue weighted by atomic mass is 10.1. The van der Waals surface area contributed by atoms with Crippen LogP contribution in [0.2, 0.25) is 0 Å². The van der Waals surface area contributed by atoms with Crippen molar-refractivity contribution in [3.8, 4) is 0 Å². The standard InChI is InChI=1S/C13H15NO2/c1-3-5-11-12(15)14-13(16-11)10-7-4-6-9(2)8-10/h4,6-8,11H,3,5H2,1-2H3. The van der Waals surface area contributed by atoms with Gasteiger partial charge in [-0.1, -0.05) is 31.0 Å². The summed E-state index contributed by atoms with van der Waals surface area (Å²) in [6, 6.07) is 7.83. The van der Waals surface area contributed by atoms with Crippen molar-refractivity contribution < 1.29 is 9.53 Å². The van der Waals surface area contributed by atoms with Crippen LogP contribution < -0.4 is 0 Å². The molecule has 3 nitrogen and oxygen atoms in total. The molecule has 0 bridgehead atoms. The number of rotatable bonds is 3. The summed E-state index contributed by atoms with van der Waals surface area (Å²) in [6.45, 7) is 4.03. The first-order valence-corrected chi connectivity index (χ1v) is 5.57. The molecule has 1 aromatic carbocycles. The molecule has 1 unspecified atom stereocenters. The van der Waals surface area contributed by atoms with E-state index in [1.54, 1.807) is 0 Å². The van der Waals surface area contributed by atoms with E-state index in [1.807, 2.05) is 38.1 Å². The lowest BCUT2D eigenvalue weighted by Gasteiger charge is -2.08. The van der Waals surface area contributed by atoms with Crippen LogP contribution in [0.15, 0.2) is 29.3 Å². The Morgan fingerprint density at radius 1 is 1.44 bits per heavy atom. The Balaban J connectivity index is 2.19. The van der Waals surface area contributed by atoms with Crippen molar-refractivity contribution in [3.63, 3.8) is 0 Å². The maximum atomic E-state index is 11.5. The van der Waals surface area contributed by atoms with Crippen LogP contribution in [-0.4, -0.2) is 17.9 Å². The van der Waals surface area contributed by atoms with Gasteiger partial charge in [-0.25, -0.2) is 0 Å². The molecule has 2 rings (SSSR count). The van der Waals surface area contributed by atoms with Crippen molar-refractivity contribution >= 4 is 11.8 Å². The summed E-state index contributed by atoms with van der Waals surface area (Å²) in [4.78, 5) is 15.5. The molecule has 0 aromatic heterocycles. The van der Waals surface area contributed by atoms with Gasteiger partial charge >= 0.3 is 0 Å². The van der Waals surface area contributed by atoms with E-state index in [2.05, 4.69) is 4.99 Å². The van der Waals surface area contributed by atoms with E-state index in [1.165, 1.54) is 0 Å². The van der Waals surface area contributed by atoms with Crippen molar-refractivity contribution in [2.75, 3.05) is 0 Å². The SMILES string of the molecule is CCCC1OC(c2cccc(C)c2)=NC1=O. The molecule has 1 aliphatic heterocycles. The number of aliphatic imine (C=N–C) groups is 1. The Bertz CT molecular complexity index is 437. The summed E-state index contributed by atoms with van der Waals surface area (Å²) in [7, 11) is 0. The van der Waals surface area contributed by atoms with Crippen LogP contribution in [0.5, 0.6) is 0 Å². The topological polar surface area (TPSA) is 38.7 Å². The zero-order chi connectivity index (χ0) is 11.5. The third kappa shape index (κ3) is 2.13. The van der Waals surface area contributed by atoms with Crippen LogP contribution in [0.3, 0.4) is 0 Å². The number of carbonyl (C=O) groups excluding carboxylic acids is 1. The lowest BCUT2D eigenvalue weighted by Crippen LogP contribution is -2.17. The van der Waals surface area contributed by atoms with Crippen LogP contribution in [-0.2, 0) is 9.53 Å². The maximum absolute atomic E-state index is 11.5. The van der Waals surface area contributed by atoms with Crippen LogP contribution in [0.4, 0.5) is 0 Å². The van der Waals surface area contributed by atoms with E-state index < -0.39 is 0 Å². The molecule has 1 aliphatic rings. The van der Waals surface area contributed by atoms with Gasteiger partial charge in [0, 0.05) is 5.56 Å². The molecule has 1 atom stereocenters. The molecule has 1 amide bonds. The first-order valence-electron chi connectivity index (χ1n) is 5.57. The summed E-state index contributed by atoms with van der Waals surface area (Å²) in [5.74, 6) is 0.311. The van der Waals surface area contributed by atoms with Gasteiger partial charge in [0.25, 0.3) is 5.91 Å². The second kappa shape index (κ2) is 4.47. The highest BCUT2D eigenvalue weighted by Gasteiger charge is 2.28. The van der Waals surface area contributed by atoms with E-state index in [-0.39, 0.29) is 12.0 Å². The lowest BCUT2D eigenvalue weighted by molar-refractivity contribution is -0.122. The predicted molar refractivity (Wildman–Crippen MR) is 62.5 cm³/mol. The van der Waals surface area contributed by atoms with Crippen molar-refractivity contribution in [3.05, 3.63) is 35.4 Å². The largest absolute Gasteiger partial charge is 0.464 e. The molecular formula is C13H15NO2. The molecule has 0 spiro atoms. The number of carbonyl (C=O) groups is 1. The smallest absolute Gasteiger partial charge is 0.290 e. The van der Waals surface area contributed by atoms with Crippen molar-refractivity contribution in [1.29, 1.82) is 0 Å². The third-order valence-electron chi connectivity index (χ3n) is 2.56. The molecule has 0 saturated heterocycles. The van der Waals surface area contributed by atoms with Crippen molar-refractivity contribution in [2.45, 2.75) is 32.8 Å². The second-order valence-electron chi connectivity index (χ2n) is 4.02. The summed E-state index contributed by atoms with van der Waals surface area (Å²) >= 11 is 0. The molecule has 84 valence electrons. The van der Waals surface area contributed by atoms with E-state index >= 15 is 0 Å². The third-order valence-corrected chi connectivity index (χ3v) is 2.56. The van der Waals surface area contributed by atoms with Gasteiger partial charge in [0.1, 0.15) is 0 Å². The second-order valence-corrected chi connectivity index (χ2v) is 4.02. The molecule has 0 radical (unpaired) electrons. The van der Waals surface area contributed by atoms with Crippen molar-refractivity contribution in [2.24, 2.45) is 4.99 Å². The molecule has 1 heterocycles. The fourth-order valence-electron chi connectivity index (χ4n) is 1.74. The van der Waals surface area contributed by atoms with Gasteiger partial charge in [-0.15, -0.1) is 0 Å². The molecule has 0 saturated carbocycles. The first kappa shape index (κ1) is 10.9. The summed E-state index contributed by atoms with van der Waals surface area (Å²) in [5, 5.41) is 0. The number of ether oxygens (including phenoxy) is 1. The highest BCUT2D eigenvalue weighted by molar-refractivity contribution is 6.07. The summed E-state index contributed by atoms with van der Waals surface area (Å²) < 4.78 is 5.56. The molecule has 3 heteroatoms. The summed E-state index contributed by atoms with van der Waals surface area (Å²) in [6.07, 6.45) is 1.28. The van der Waals surface area contributed by atoms with E-state index in [0.29, 0.717) is 5.90 Å². The Labute approximate surface area is 95.2 Å². The monoisotopic (exact) mass is 217 g/mol. The van der Waals surface area contributed by atoms with Gasteiger partial charge in [-0.05, 0) is 25.5 Å². The Morgan fingerprint density at radius 3 is 2.94 bits per heavy atom. The van der Waals surface area contributed by atoms with Gasteiger partial charge < -0.3 is 4.74 Å². The van der Waals surface area contributed by atoms with Crippen LogP contribution in [0.25, 0.3) is 0 Å². The average Bonchev–Trinajstić information content (AvgIpc) is 2.61. The number of aryl methyl sites for hydroxylation is 1. The van der Waals surface area contributed by atoms with E-state index in [9.17, 15) is 4.79 Å². The minimum Gasteiger partial charge on any atom is -0.464 e. The van der Waals surface area contributed by atoms with Crippen LogP contribution in [0, 0.1) is 6.92 Å². The van der Waals surface area contributed by atoms with E-state index in [4.69, 9.17) is 4.74 Å². The minimum absolute atomic E-state index is 0.154. The molecule has 1 aromatic rings. The van der Waals surface area contributed by atoms with Crippen LogP contribution in [0.1, 0.15) is 30.9 Å². The van der Waals surface area contributed by atoms with Gasteiger partial charge in [0.05, 0.1) is 0 Å². The Kier molecular flexibility index (Phi) is 3.04. The zero-order valence-corrected chi connectivity index (χ0v) is 9.56. The molecule has 0 fully saturated rings. The van der Waals surface area contributed by atoms with Gasteiger partial charge in [-0.2, -0.15) is 4.99 Å². The highest BCUT2D eigenvalue weighted by Crippen LogP contribution is 2.17. The fraction of sp³-hybridized carbons (Fsp3) is 0.385. The average molecular weight is 217 g/mol. The molecular weight excluding hydrogens is 202 g/mol. The number of hydrogen-bond donors (Lipinski definition) is 0. The maximum Gasteiger partial charge on any atom is 0.290 e. The molecule has 16 heavy (non-hydrogen) atoms. The number of amides is 1. The fourth-order valence-corrected chi connectivity index (χ4v) is 1.74. The normalized spacial score (nSPS) is 19.5. The van der Waals surface area contributed by atoms with Gasteiger partial charge in [-0.3, -0.25) is 4.79 Å². The zero-order valence-electron chi connectivity index (χ0n) is 9.56. The van der Waals surface area contributed by atoms with Crippen molar-refractivity contribution in [1.82, 2.24) is 0 Å². The number of benzene rings is 1. The number of hydrogen-bond acceptors (Lipinski definition) is 2. The Morgan fingerprint density at radius 2 is 2.25 bits per heavy atom. The highest BCUT2D eigenvalue weighted by atomic mass is 16.5. The molecule has 0 aliphatic carbocycles. The predicted octanol–water partition coefficient (Wildman–Crippen LogP) is 2.47. The van der Waals surface area contributed by atoms with E-state index in [0.717, 1.165) is 24.0 Å². The minimum atomic E-state index is -0.375. The first-order chi connectivity index (χ1) is 7.70. The molecule has 0 N–H and O–H groups in total. The van der Waals surface area contributed by atoms with Gasteiger partial charge in [0.2, 0.25) is 5.90 Å². The number of nitrogens with zero attached hydrogens (tertiary/aromatic N) is 1. The summed E-state index contributed by atoms with van der Waals surface area (Å²) in [5.41, 5.74) is 2.02.